The molecular weight excluding hydrogens is 388 g/mol. The number of benzene rings is 1. The highest BCUT2D eigenvalue weighted by Crippen LogP contribution is 2.23. The van der Waals surface area contributed by atoms with E-state index in [1.54, 1.807) is 0 Å². The number of likely N-dealkylation sites (N-methyl/N-ethyl adjacent to an activating group) is 2. The molecule has 0 amide bonds. The van der Waals surface area contributed by atoms with Crippen LogP contribution in [0.5, 0.6) is 0 Å². The Morgan fingerprint density at radius 1 is 0.767 bits per heavy atom. The third kappa shape index (κ3) is 7.36. The van der Waals surface area contributed by atoms with Crippen molar-refractivity contribution in [2.45, 2.75) is 52.7 Å². The summed E-state index contributed by atoms with van der Waals surface area (Å²) in [6.07, 6.45) is -1.93. The number of carbonyl (C=O) groups is 2. The molecule has 0 aromatic heterocycles. The van der Waals surface area contributed by atoms with Crippen molar-refractivity contribution in [3.05, 3.63) is 34.4 Å². The van der Waals surface area contributed by atoms with Crippen molar-refractivity contribution < 1.29 is 30.0 Å². The van der Waals surface area contributed by atoms with E-state index >= 15 is 0 Å². The van der Waals surface area contributed by atoms with E-state index in [0.717, 1.165) is 26.2 Å². The molecule has 2 unspecified atom stereocenters. The minimum atomic E-state index is -1.45. The third-order valence-corrected chi connectivity index (χ3v) is 5.48. The molecule has 0 spiro atoms. The summed E-state index contributed by atoms with van der Waals surface area (Å²) >= 11 is 0. The second kappa shape index (κ2) is 12.6. The van der Waals surface area contributed by atoms with Crippen molar-refractivity contribution in [2.75, 3.05) is 39.3 Å². The highest BCUT2D eigenvalue weighted by molar-refractivity contribution is 5.93. The van der Waals surface area contributed by atoms with E-state index in [9.17, 15) is 30.0 Å². The Hall–Kier alpha value is -2.00. The third-order valence-electron chi connectivity index (χ3n) is 5.48. The van der Waals surface area contributed by atoms with E-state index in [4.69, 9.17) is 0 Å². The zero-order chi connectivity index (χ0) is 22.8. The molecular formula is C22H34N2O6-2. The van der Waals surface area contributed by atoms with Crippen LogP contribution in [-0.4, -0.2) is 83.4 Å². The van der Waals surface area contributed by atoms with Gasteiger partial charge in [-0.1, -0.05) is 39.8 Å². The van der Waals surface area contributed by atoms with E-state index < -0.39 is 24.1 Å². The summed E-state index contributed by atoms with van der Waals surface area (Å²) in [4.78, 5) is 27.4. The van der Waals surface area contributed by atoms with Crippen LogP contribution < -0.4 is 10.2 Å². The highest BCUT2D eigenvalue weighted by atomic mass is 16.4. The first-order chi connectivity index (χ1) is 14.2. The summed E-state index contributed by atoms with van der Waals surface area (Å²) in [6.45, 7) is 11.3. The molecule has 0 heterocycles. The zero-order valence-electron chi connectivity index (χ0n) is 18.4. The van der Waals surface area contributed by atoms with Gasteiger partial charge in [0.2, 0.25) is 0 Å². The van der Waals surface area contributed by atoms with Crippen molar-refractivity contribution in [1.29, 1.82) is 0 Å². The Morgan fingerprint density at radius 3 is 1.30 bits per heavy atom. The SMILES string of the molecule is CCN(CC)CC(O)Cc1c(C(=O)[O-])ccc(C(=O)[O-])c1CC(O)CN(CC)CC. The fraction of sp³-hybridized carbons (Fsp3) is 0.636. The lowest BCUT2D eigenvalue weighted by Gasteiger charge is -2.27. The second-order valence-electron chi connectivity index (χ2n) is 7.38. The molecule has 0 saturated carbocycles. The maximum Gasteiger partial charge on any atom is 0.0718 e. The van der Waals surface area contributed by atoms with Crippen molar-refractivity contribution in [3.8, 4) is 0 Å². The van der Waals surface area contributed by atoms with Gasteiger partial charge in [-0.3, -0.25) is 0 Å². The molecule has 8 heteroatoms. The topological polar surface area (TPSA) is 127 Å². The quantitative estimate of drug-likeness (QED) is 0.387. The molecule has 1 aromatic rings. The Morgan fingerprint density at radius 2 is 1.07 bits per heavy atom. The first kappa shape index (κ1) is 26.0. The van der Waals surface area contributed by atoms with E-state index in [-0.39, 0.29) is 35.1 Å². The lowest BCUT2D eigenvalue weighted by molar-refractivity contribution is -0.256. The molecule has 0 aliphatic rings. The van der Waals surface area contributed by atoms with Gasteiger partial charge in [0.05, 0.1) is 24.1 Å². The summed E-state index contributed by atoms with van der Waals surface area (Å²) < 4.78 is 0. The molecule has 0 bridgehead atoms. The Labute approximate surface area is 178 Å². The molecule has 30 heavy (non-hydrogen) atoms. The number of carbonyl (C=O) groups excluding carboxylic acids is 2. The number of hydrogen-bond acceptors (Lipinski definition) is 8. The largest absolute Gasteiger partial charge is 0.545 e. The van der Waals surface area contributed by atoms with Gasteiger partial charge in [0.1, 0.15) is 0 Å². The van der Waals surface area contributed by atoms with Crippen molar-refractivity contribution in [1.82, 2.24) is 9.80 Å². The van der Waals surface area contributed by atoms with Crippen LogP contribution in [0.3, 0.4) is 0 Å². The van der Waals surface area contributed by atoms with Gasteiger partial charge < -0.3 is 39.8 Å². The van der Waals surface area contributed by atoms with Crippen molar-refractivity contribution in [2.24, 2.45) is 0 Å². The lowest BCUT2D eigenvalue weighted by Crippen LogP contribution is -2.36. The summed E-state index contributed by atoms with van der Waals surface area (Å²) in [5.74, 6) is -2.91. The van der Waals surface area contributed by atoms with Crippen LogP contribution in [0.2, 0.25) is 0 Å². The van der Waals surface area contributed by atoms with E-state index in [2.05, 4.69) is 0 Å². The van der Waals surface area contributed by atoms with Gasteiger partial charge in [0.15, 0.2) is 0 Å². The van der Waals surface area contributed by atoms with Crippen LogP contribution in [0.4, 0.5) is 0 Å². The number of aliphatic hydroxyl groups is 2. The van der Waals surface area contributed by atoms with Gasteiger partial charge in [0, 0.05) is 37.1 Å². The lowest BCUT2D eigenvalue weighted by atomic mass is 9.88. The fourth-order valence-corrected chi connectivity index (χ4v) is 3.70. The van der Waals surface area contributed by atoms with Crippen LogP contribution in [0.15, 0.2) is 12.1 Å². The normalized spacial score (nSPS) is 13.6. The Kier molecular flexibility index (Phi) is 11.0. The molecule has 0 radical (unpaired) electrons. The van der Waals surface area contributed by atoms with Crippen LogP contribution in [0.25, 0.3) is 0 Å². The summed E-state index contributed by atoms with van der Waals surface area (Å²) in [6, 6.07) is 2.33. The van der Waals surface area contributed by atoms with Gasteiger partial charge in [0.25, 0.3) is 0 Å². The van der Waals surface area contributed by atoms with Gasteiger partial charge in [-0.25, -0.2) is 0 Å². The van der Waals surface area contributed by atoms with Crippen LogP contribution >= 0.6 is 0 Å². The molecule has 2 N–H and O–H groups in total. The Balaban J connectivity index is 3.34. The molecule has 8 nitrogen and oxygen atoms in total. The minimum Gasteiger partial charge on any atom is -0.545 e. The smallest absolute Gasteiger partial charge is 0.0718 e. The van der Waals surface area contributed by atoms with Crippen molar-refractivity contribution >= 4 is 11.9 Å². The van der Waals surface area contributed by atoms with E-state index in [0.29, 0.717) is 13.1 Å². The summed E-state index contributed by atoms with van der Waals surface area (Å²) in [7, 11) is 0. The average molecular weight is 423 g/mol. The zero-order valence-corrected chi connectivity index (χ0v) is 18.4. The molecule has 0 aliphatic carbocycles. The standard InChI is InChI=1S/C22H36N2O6/c1-5-23(6-2)13-15(25)11-19-17(21(27)28)9-10-18(22(29)30)20(19)12-16(26)14-24(7-3)8-4/h9-10,15-16,25-26H,5-8,11-14H2,1-4H3,(H,27,28)(H,29,30)/p-2. The minimum absolute atomic E-state index is 0.0613. The molecule has 1 aromatic carbocycles. The molecule has 170 valence electrons. The first-order valence-corrected chi connectivity index (χ1v) is 10.6. The maximum atomic E-state index is 11.7. The maximum absolute atomic E-state index is 11.7. The van der Waals surface area contributed by atoms with Gasteiger partial charge in [-0.2, -0.15) is 0 Å². The molecule has 1 rings (SSSR count). The number of aliphatic hydroxyl groups excluding tert-OH is 2. The van der Waals surface area contributed by atoms with Gasteiger partial charge in [-0.05, 0) is 37.3 Å². The number of carboxylic acids is 2. The van der Waals surface area contributed by atoms with Crippen LogP contribution in [0, 0.1) is 0 Å². The fourth-order valence-electron chi connectivity index (χ4n) is 3.70. The molecule has 0 fully saturated rings. The number of carboxylic acid groups (broad SMARTS) is 2. The highest BCUT2D eigenvalue weighted by Gasteiger charge is 2.22. The average Bonchev–Trinajstić information content (AvgIpc) is 2.70. The second-order valence-corrected chi connectivity index (χ2v) is 7.38. The number of nitrogens with zero attached hydrogens (tertiary/aromatic N) is 2. The van der Waals surface area contributed by atoms with Crippen molar-refractivity contribution in [3.63, 3.8) is 0 Å². The molecule has 2 atom stereocenters. The van der Waals surface area contributed by atoms with Gasteiger partial charge >= 0.3 is 0 Å². The van der Waals surface area contributed by atoms with Crippen LogP contribution in [0.1, 0.15) is 59.5 Å². The number of rotatable bonds is 14. The van der Waals surface area contributed by atoms with E-state index in [1.807, 2.05) is 37.5 Å². The van der Waals surface area contributed by atoms with Crippen LogP contribution in [-0.2, 0) is 12.8 Å². The number of aromatic carboxylic acids is 2. The molecule has 0 aliphatic heterocycles. The monoisotopic (exact) mass is 422 g/mol. The Bertz CT molecular complexity index is 642. The first-order valence-electron chi connectivity index (χ1n) is 10.6. The summed E-state index contributed by atoms with van der Waals surface area (Å²) in [5, 5.41) is 44.5. The predicted molar refractivity (Wildman–Crippen MR) is 110 cm³/mol. The molecule has 0 saturated heterocycles. The predicted octanol–water partition coefficient (Wildman–Crippen LogP) is -1.10. The van der Waals surface area contributed by atoms with E-state index in [1.165, 1.54) is 12.1 Å². The summed E-state index contributed by atoms with van der Waals surface area (Å²) in [5.41, 5.74) is -0.00261. The number of hydrogen-bond donors (Lipinski definition) is 2. The van der Waals surface area contributed by atoms with Gasteiger partial charge in [-0.15, -0.1) is 0 Å².